The van der Waals surface area contributed by atoms with Gasteiger partial charge in [0.15, 0.2) is 6.23 Å². The monoisotopic (exact) mass is 276 g/mol. The number of hydrogen-bond donors (Lipinski definition) is 4. The lowest BCUT2D eigenvalue weighted by molar-refractivity contribution is -0.141. The van der Waals surface area contributed by atoms with Crippen LogP contribution in [0.4, 0.5) is 4.79 Å². The Morgan fingerprint density at radius 1 is 1.26 bits per heavy atom. The van der Waals surface area contributed by atoms with E-state index in [2.05, 4.69) is 15.4 Å². The Morgan fingerprint density at radius 2 is 1.89 bits per heavy atom. The molecule has 0 rings (SSSR count). The Kier molecular flexibility index (Phi) is 7.66. The summed E-state index contributed by atoms with van der Waals surface area (Å²) < 4.78 is 4.51. The second-order valence-electron chi connectivity index (χ2n) is 3.57. The molecule has 0 aliphatic rings. The number of rotatable bonds is 9. The molecule has 19 heavy (non-hydrogen) atoms. The summed E-state index contributed by atoms with van der Waals surface area (Å²) in [7, 11) is 0. The molecule has 2 amide bonds. The number of amides is 2. The number of ether oxygens (including phenoxy) is 1. The smallest absolute Gasteiger partial charge is 0.326 e. The van der Waals surface area contributed by atoms with Crippen LogP contribution in [0.25, 0.3) is 0 Å². The summed E-state index contributed by atoms with van der Waals surface area (Å²) in [5.41, 5.74) is 0. The summed E-state index contributed by atoms with van der Waals surface area (Å²) in [6.45, 7) is 1.81. The van der Waals surface area contributed by atoms with E-state index >= 15 is 0 Å². The number of aliphatic carboxylic acids is 2. The zero-order chi connectivity index (χ0) is 14.8. The van der Waals surface area contributed by atoms with Gasteiger partial charge in [0.1, 0.15) is 6.04 Å². The molecule has 2 unspecified atom stereocenters. The average Bonchev–Trinajstić information content (AvgIpc) is 2.33. The third-order valence-electron chi connectivity index (χ3n) is 2.13. The number of urea groups is 1. The van der Waals surface area contributed by atoms with Gasteiger partial charge in [-0.05, 0) is 6.42 Å². The minimum atomic E-state index is -1.35. The molecule has 9 nitrogen and oxygen atoms in total. The first-order valence-electron chi connectivity index (χ1n) is 5.51. The van der Waals surface area contributed by atoms with E-state index in [0.717, 1.165) is 0 Å². The topological polar surface area (TPSA) is 142 Å². The molecule has 0 aromatic carbocycles. The first-order valence-corrected chi connectivity index (χ1v) is 5.51. The Bertz CT molecular complexity index is 345. The summed E-state index contributed by atoms with van der Waals surface area (Å²) in [5, 5.41) is 21.6. The molecule has 0 radical (unpaired) electrons. The number of hydrogen-bond acceptors (Lipinski definition) is 5. The van der Waals surface area contributed by atoms with Crippen molar-refractivity contribution in [3.8, 4) is 0 Å². The second kappa shape index (κ2) is 8.72. The summed E-state index contributed by atoms with van der Waals surface area (Å²) in [6, 6.07) is -2.18. The van der Waals surface area contributed by atoms with E-state index < -0.39 is 30.2 Å². The molecule has 108 valence electrons. The maximum atomic E-state index is 11.4. The molecular formula is C10H16N2O7. The highest BCUT2D eigenvalue weighted by Gasteiger charge is 2.22. The lowest BCUT2D eigenvalue weighted by Crippen LogP contribution is -2.49. The number of carbonyl (C=O) groups excluding carboxylic acids is 2. The number of carboxylic acid groups (broad SMARTS) is 2. The largest absolute Gasteiger partial charge is 0.481 e. The highest BCUT2D eigenvalue weighted by Crippen LogP contribution is 1.99. The molecule has 0 aliphatic heterocycles. The molecule has 9 heteroatoms. The SMILES string of the molecule is CCC(NC(=O)NC(CCC(=O)O)C(=O)O)OC=O. The Morgan fingerprint density at radius 3 is 2.32 bits per heavy atom. The van der Waals surface area contributed by atoms with E-state index in [-0.39, 0.29) is 19.3 Å². The van der Waals surface area contributed by atoms with Crippen molar-refractivity contribution in [3.63, 3.8) is 0 Å². The lowest BCUT2D eigenvalue weighted by Gasteiger charge is -2.18. The molecule has 2 atom stereocenters. The van der Waals surface area contributed by atoms with Gasteiger partial charge >= 0.3 is 18.0 Å². The van der Waals surface area contributed by atoms with E-state index in [1.165, 1.54) is 0 Å². The van der Waals surface area contributed by atoms with Crippen LogP contribution in [0.3, 0.4) is 0 Å². The molecule has 0 aromatic heterocycles. The van der Waals surface area contributed by atoms with Gasteiger partial charge in [0, 0.05) is 12.8 Å². The van der Waals surface area contributed by atoms with Gasteiger partial charge in [-0.1, -0.05) is 6.92 Å². The highest BCUT2D eigenvalue weighted by atomic mass is 16.5. The third kappa shape index (κ3) is 7.58. The Balaban J connectivity index is 4.33. The van der Waals surface area contributed by atoms with Gasteiger partial charge in [-0.15, -0.1) is 0 Å². The standard InChI is InChI=1S/C10H16N2O7/c1-2-7(19-5-13)12-10(18)11-6(9(16)17)3-4-8(14)15/h5-7H,2-4H2,1H3,(H,14,15)(H,16,17)(H2,11,12,18). The van der Waals surface area contributed by atoms with Gasteiger partial charge in [-0.3, -0.25) is 9.59 Å². The van der Waals surface area contributed by atoms with Crippen LogP contribution in [0, 0.1) is 0 Å². The Labute approximate surface area is 108 Å². The lowest BCUT2D eigenvalue weighted by atomic mass is 10.1. The molecule has 0 spiro atoms. The van der Waals surface area contributed by atoms with Crippen molar-refractivity contribution in [2.75, 3.05) is 0 Å². The van der Waals surface area contributed by atoms with Crippen molar-refractivity contribution in [1.82, 2.24) is 10.6 Å². The van der Waals surface area contributed by atoms with Gasteiger partial charge in [-0.2, -0.15) is 0 Å². The predicted octanol–water partition coefficient (Wildman–Crippen LogP) is -0.487. The van der Waals surface area contributed by atoms with Gasteiger partial charge in [-0.25, -0.2) is 9.59 Å². The van der Waals surface area contributed by atoms with Crippen LogP contribution in [-0.4, -0.2) is 46.9 Å². The van der Waals surface area contributed by atoms with Crippen LogP contribution in [0.5, 0.6) is 0 Å². The van der Waals surface area contributed by atoms with Crippen LogP contribution in [0.15, 0.2) is 0 Å². The quantitative estimate of drug-likeness (QED) is 0.329. The van der Waals surface area contributed by atoms with Crippen LogP contribution in [0.2, 0.25) is 0 Å². The number of nitrogens with one attached hydrogen (secondary N) is 2. The van der Waals surface area contributed by atoms with Crippen LogP contribution < -0.4 is 10.6 Å². The van der Waals surface area contributed by atoms with Crippen molar-refractivity contribution < 1.29 is 34.1 Å². The van der Waals surface area contributed by atoms with E-state index in [4.69, 9.17) is 10.2 Å². The van der Waals surface area contributed by atoms with E-state index in [9.17, 15) is 19.2 Å². The zero-order valence-corrected chi connectivity index (χ0v) is 10.3. The average molecular weight is 276 g/mol. The fraction of sp³-hybridized carbons (Fsp3) is 0.600. The predicted molar refractivity (Wildman–Crippen MR) is 61.2 cm³/mol. The van der Waals surface area contributed by atoms with Crippen LogP contribution in [-0.2, 0) is 19.1 Å². The van der Waals surface area contributed by atoms with E-state index in [1.807, 2.05) is 0 Å². The van der Waals surface area contributed by atoms with Gasteiger partial charge in [0.2, 0.25) is 0 Å². The van der Waals surface area contributed by atoms with Gasteiger partial charge < -0.3 is 25.6 Å². The molecule has 0 bridgehead atoms. The maximum absolute atomic E-state index is 11.4. The molecule has 0 heterocycles. The van der Waals surface area contributed by atoms with Gasteiger partial charge in [0.05, 0.1) is 0 Å². The minimum Gasteiger partial charge on any atom is -0.481 e. The maximum Gasteiger partial charge on any atom is 0.326 e. The van der Waals surface area contributed by atoms with Crippen molar-refractivity contribution in [2.24, 2.45) is 0 Å². The molecule has 0 aromatic rings. The van der Waals surface area contributed by atoms with Crippen molar-refractivity contribution >= 4 is 24.4 Å². The zero-order valence-electron chi connectivity index (χ0n) is 10.3. The van der Waals surface area contributed by atoms with E-state index in [1.54, 1.807) is 6.92 Å². The summed E-state index contributed by atoms with van der Waals surface area (Å²) in [5.74, 6) is -2.51. The van der Waals surface area contributed by atoms with Gasteiger partial charge in [0.25, 0.3) is 6.47 Å². The molecule has 4 N–H and O–H groups in total. The summed E-state index contributed by atoms with van der Waals surface area (Å²) in [6.07, 6.45) is -1.20. The second-order valence-corrected chi connectivity index (χ2v) is 3.57. The summed E-state index contributed by atoms with van der Waals surface area (Å²) >= 11 is 0. The van der Waals surface area contributed by atoms with Crippen LogP contribution in [0.1, 0.15) is 26.2 Å². The summed E-state index contributed by atoms with van der Waals surface area (Å²) in [4.78, 5) is 42.7. The molecule has 0 aliphatic carbocycles. The van der Waals surface area contributed by atoms with Crippen LogP contribution >= 0.6 is 0 Å². The fourth-order valence-corrected chi connectivity index (χ4v) is 1.17. The highest BCUT2D eigenvalue weighted by molar-refractivity contribution is 5.83. The first-order chi connectivity index (χ1) is 8.90. The minimum absolute atomic E-state index is 0.160. The number of carboxylic acids is 2. The molecule has 0 saturated heterocycles. The van der Waals surface area contributed by atoms with Crippen molar-refractivity contribution in [2.45, 2.75) is 38.5 Å². The van der Waals surface area contributed by atoms with E-state index in [0.29, 0.717) is 6.42 Å². The first kappa shape index (κ1) is 16.7. The number of carbonyl (C=O) groups is 4. The third-order valence-corrected chi connectivity index (χ3v) is 2.13. The molecule has 0 fully saturated rings. The van der Waals surface area contributed by atoms with Crippen molar-refractivity contribution in [1.29, 1.82) is 0 Å². The normalized spacial score (nSPS) is 12.9. The molecule has 0 saturated carbocycles. The van der Waals surface area contributed by atoms with Crippen molar-refractivity contribution in [3.05, 3.63) is 0 Å². The fourth-order valence-electron chi connectivity index (χ4n) is 1.17. The Hall–Kier alpha value is -2.32. The molecular weight excluding hydrogens is 260 g/mol.